The Morgan fingerprint density at radius 1 is 0.429 bits per heavy atom. The summed E-state index contributed by atoms with van der Waals surface area (Å²) >= 11 is 0. The molecule has 0 saturated carbocycles. The molecule has 0 aromatic rings. The second kappa shape index (κ2) is 8.26. The van der Waals surface area contributed by atoms with Crippen LogP contribution in [-0.4, -0.2) is 74.7 Å². The van der Waals surface area contributed by atoms with Gasteiger partial charge in [-0.25, -0.2) is 0 Å². The molecule has 0 N–H and O–H groups in total. The molecule has 21 heavy (non-hydrogen) atoms. The van der Waals surface area contributed by atoms with Crippen molar-refractivity contribution in [2.24, 2.45) is 0 Å². The summed E-state index contributed by atoms with van der Waals surface area (Å²) in [5.74, 6) is 0. The first-order valence-electron chi connectivity index (χ1n) is 3.89. The Bertz CT molecular complexity index is 230. The van der Waals surface area contributed by atoms with Gasteiger partial charge in [-0.15, -0.1) is 0 Å². The zero-order valence-electron chi connectivity index (χ0n) is 9.21. The van der Waals surface area contributed by atoms with Crippen LogP contribution < -0.4 is 10.2 Å². The third kappa shape index (κ3) is 11.5. The number of halogens is 12. The van der Waals surface area contributed by atoms with Gasteiger partial charge >= 0.3 is 62.4 Å². The molecule has 0 aliphatic rings. The van der Waals surface area contributed by atoms with E-state index in [0.717, 1.165) is 0 Å². The zero-order valence-corrected chi connectivity index (χ0v) is 11.4. The molecular formula is C6H2CaF12O2. The molecule has 124 valence electrons. The van der Waals surface area contributed by atoms with Crippen molar-refractivity contribution in [1.29, 1.82) is 0 Å². The molecule has 0 aromatic heterocycles. The molecule has 0 bridgehead atoms. The molecule has 15 heteroatoms. The van der Waals surface area contributed by atoms with Gasteiger partial charge in [0.1, 0.15) is 0 Å². The molecule has 0 amide bonds. The maximum atomic E-state index is 10.9. The average Bonchev–Trinajstić information content (AvgIpc) is 2.10. The molecule has 0 rings (SSSR count). The van der Waals surface area contributed by atoms with Crippen LogP contribution in [-0.2, 0) is 0 Å². The van der Waals surface area contributed by atoms with E-state index in [1.165, 1.54) is 0 Å². The Balaban J connectivity index is -0.000000295. The van der Waals surface area contributed by atoms with E-state index in [4.69, 9.17) is 0 Å². The molecule has 0 atom stereocenters. The zero-order chi connectivity index (χ0) is 17.2. The van der Waals surface area contributed by atoms with E-state index in [9.17, 15) is 62.9 Å². The van der Waals surface area contributed by atoms with Crippen LogP contribution in [0.4, 0.5) is 52.7 Å². The van der Waals surface area contributed by atoms with Crippen LogP contribution in [0.5, 0.6) is 0 Å². The topological polar surface area (TPSA) is 46.1 Å². The van der Waals surface area contributed by atoms with Crippen LogP contribution in [0.2, 0.25) is 0 Å². The maximum absolute atomic E-state index is 10.9. The average molecular weight is 374 g/mol. The molecule has 0 fully saturated rings. The van der Waals surface area contributed by atoms with Crippen LogP contribution >= 0.6 is 0 Å². The van der Waals surface area contributed by atoms with Crippen LogP contribution in [0, 0.1) is 0 Å². The van der Waals surface area contributed by atoms with Gasteiger partial charge in [0.05, 0.1) is 12.2 Å². The third-order valence-corrected chi connectivity index (χ3v) is 1.19. The van der Waals surface area contributed by atoms with Crippen LogP contribution in [0.25, 0.3) is 0 Å². The van der Waals surface area contributed by atoms with Crippen molar-refractivity contribution in [3.05, 3.63) is 0 Å². The summed E-state index contributed by atoms with van der Waals surface area (Å²) in [7, 11) is 0. The van der Waals surface area contributed by atoms with Crippen molar-refractivity contribution in [3.63, 3.8) is 0 Å². The molecule has 0 aliphatic heterocycles. The van der Waals surface area contributed by atoms with E-state index in [1.54, 1.807) is 0 Å². The Labute approximate surface area is 137 Å². The standard InChI is InChI=1S/2C3HF6O.Ca/c2*4-2(5,6)1(10)3(7,8)9;/h2*1H;/q2*-1;+2. The Hall–Kier alpha value is 0.340. The van der Waals surface area contributed by atoms with Gasteiger partial charge in [0.25, 0.3) is 0 Å². The number of alkyl halides is 12. The van der Waals surface area contributed by atoms with Crippen molar-refractivity contribution in [3.8, 4) is 0 Å². The summed E-state index contributed by atoms with van der Waals surface area (Å²) in [6.07, 6.45) is -31.9. The first-order chi connectivity index (χ1) is 8.31. The van der Waals surface area contributed by atoms with Gasteiger partial charge in [-0.3, -0.25) is 0 Å². The molecule has 0 aromatic carbocycles. The van der Waals surface area contributed by atoms with Crippen molar-refractivity contribution >= 4 is 37.7 Å². The van der Waals surface area contributed by atoms with Gasteiger partial charge in [-0.05, 0) is 0 Å². The second-order valence-corrected chi connectivity index (χ2v) is 2.93. The van der Waals surface area contributed by atoms with Crippen molar-refractivity contribution in [2.45, 2.75) is 36.9 Å². The summed E-state index contributed by atoms with van der Waals surface area (Å²) in [6.45, 7) is 0. The predicted octanol–water partition coefficient (Wildman–Crippen LogP) is 1.30. The number of rotatable bonds is 0. The quantitative estimate of drug-likeness (QED) is 0.474. The molecular weight excluding hydrogens is 372 g/mol. The molecule has 2 nitrogen and oxygen atoms in total. The second-order valence-electron chi connectivity index (χ2n) is 2.93. The van der Waals surface area contributed by atoms with Crippen LogP contribution in [0.3, 0.4) is 0 Å². The van der Waals surface area contributed by atoms with Crippen LogP contribution in [0.15, 0.2) is 0 Å². The largest absolute Gasteiger partial charge is 2.00 e. The molecule has 0 radical (unpaired) electrons. The van der Waals surface area contributed by atoms with Crippen LogP contribution in [0.1, 0.15) is 0 Å². The summed E-state index contributed by atoms with van der Waals surface area (Å²) in [5, 5.41) is 18.6. The van der Waals surface area contributed by atoms with Gasteiger partial charge in [0, 0.05) is 0 Å². The van der Waals surface area contributed by atoms with Gasteiger partial charge in [-0.1, -0.05) is 0 Å². The van der Waals surface area contributed by atoms with Gasteiger partial charge in [0.2, 0.25) is 0 Å². The van der Waals surface area contributed by atoms with Gasteiger partial charge in [-0.2, -0.15) is 52.7 Å². The number of hydrogen-bond donors (Lipinski definition) is 0. The van der Waals surface area contributed by atoms with E-state index in [-0.39, 0.29) is 37.7 Å². The fraction of sp³-hybridized carbons (Fsp3) is 1.00. The summed E-state index contributed by atoms with van der Waals surface area (Å²) in [4.78, 5) is 0. The Kier molecular flexibility index (Phi) is 10.3. The van der Waals surface area contributed by atoms with E-state index in [1.807, 2.05) is 0 Å². The molecule has 0 heterocycles. The Morgan fingerprint density at radius 2 is 0.524 bits per heavy atom. The fourth-order valence-corrected chi connectivity index (χ4v) is 0.371. The molecule has 0 spiro atoms. The van der Waals surface area contributed by atoms with E-state index in [0.29, 0.717) is 0 Å². The summed E-state index contributed by atoms with van der Waals surface area (Å²) in [6, 6.07) is 0. The van der Waals surface area contributed by atoms with E-state index < -0.39 is 36.9 Å². The third-order valence-electron chi connectivity index (χ3n) is 1.19. The van der Waals surface area contributed by atoms with Crippen molar-refractivity contribution in [1.82, 2.24) is 0 Å². The first-order valence-corrected chi connectivity index (χ1v) is 3.89. The molecule has 0 aliphatic carbocycles. The monoisotopic (exact) mass is 374 g/mol. The summed E-state index contributed by atoms with van der Waals surface area (Å²) in [5.41, 5.74) is 0. The van der Waals surface area contributed by atoms with E-state index >= 15 is 0 Å². The van der Waals surface area contributed by atoms with Gasteiger partial charge in [0.15, 0.2) is 0 Å². The number of hydrogen-bond acceptors (Lipinski definition) is 2. The molecule has 0 saturated heterocycles. The van der Waals surface area contributed by atoms with Crippen molar-refractivity contribution < 1.29 is 62.9 Å². The minimum Gasteiger partial charge on any atom is -0.839 e. The first kappa shape index (κ1) is 26.2. The minimum absolute atomic E-state index is 0. The minimum atomic E-state index is -5.74. The smallest absolute Gasteiger partial charge is 0.839 e. The van der Waals surface area contributed by atoms with Gasteiger partial charge < -0.3 is 10.2 Å². The van der Waals surface area contributed by atoms with Crippen molar-refractivity contribution in [2.75, 3.05) is 0 Å². The SMILES string of the molecule is [Ca+2].[O-]C(C(F)(F)F)C(F)(F)F.[O-]C(C(F)(F)F)C(F)(F)F. The summed E-state index contributed by atoms with van der Waals surface area (Å²) < 4.78 is 131. The molecule has 0 unspecified atom stereocenters. The Morgan fingerprint density at radius 3 is 0.524 bits per heavy atom. The predicted molar refractivity (Wildman–Crippen MR) is 37.5 cm³/mol. The maximum Gasteiger partial charge on any atom is 2.00 e. The fourth-order valence-electron chi connectivity index (χ4n) is 0.371. The van der Waals surface area contributed by atoms with E-state index in [2.05, 4.69) is 0 Å². The normalized spacial score (nSPS) is 13.7.